The molecule has 0 aromatic rings. The largest absolute Gasteiger partial charge is 0.454 e. The zero-order valence-electron chi connectivity index (χ0n) is 21.9. The molecule has 34 heavy (non-hydrogen) atoms. The van der Waals surface area contributed by atoms with Gasteiger partial charge < -0.3 is 4.74 Å². The Morgan fingerprint density at radius 3 is 2.44 bits per heavy atom. The van der Waals surface area contributed by atoms with Gasteiger partial charge in [-0.25, -0.2) is 4.79 Å². The van der Waals surface area contributed by atoms with Crippen LogP contribution in [0.1, 0.15) is 87.0 Å². The molecule has 3 aliphatic carbocycles. The fraction of sp³-hybridized carbons (Fsp3) is 0.633. The summed E-state index contributed by atoms with van der Waals surface area (Å²) >= 11 is 0. The Hall–Kier alpha value is -2.23. The zero-order valence-corrected chi connectivity index (χ0v) is 21.9. The third kappa shape index (κ3) is 3.78. The molecule has 4 nitrogen and oxygen atoms in total. The van der Waals surface area contributed by atoms with Gasteiger partial charge in [0.05, 0.1) is 0 Å². The Morgan fingerprint density at radius 2 is 1.76 bits per heavy atom. The predicted octanol–water partition coefficient (Wildman–Crippen LogP) is 6.47. The first-order valence-electron chi connectivity index (χ1n) is 12.8. The molecule has 5 atom stereocenters. The lowest BCUT2D eigenvalue weighted by atomic mass is 9.43. The van der Waals surface area contributed by atoms with Crippen molar-refractivity contribution in [3.05, 3.63) is 46.6 Å². The first kappa shape index (κ1) is 24.9. The van der Waals surface area contributed by atoms with Gasteiger partial charge in [0.25, 0.3) is 0 Å². The average Bonchev–Trinajstić information content (AvgIpc) is 3.04. The molecule has 3 saturated carbocycles. The van der Waals surface area contributed by atoms with Crippen LogP contribution >= 0.6 is 0 Å². The molecule has 4 rings (SSSR count). The van der Waals surface area contributed by atoms with Crippen molar-refractivity contribution in [3.8, 4) is 0 Å². The summed E-state index contributed by atoms with van der Waals surface area (Å²) in [6, 6.07) is 0. The number of Topliss-reactive ketones (excluding diaryl/α,β-unsaturated/α-hetero) is 2. The van der Waals surface area contributed by atoms with Crippen LogP contribution in [0.4, 0.5) is 0 Å². The molecule has 1 aliphatic heterocycles. The van der Waals surface area contributed by atoms with Crippen LogP contribution in [-0.2, 0) is 19.1 Å². The maximum absolute atomic E-state index is 13.4. The summed E-state index contributed by atoms with van der Waals surface area (Å²) in [6.45, 7) is 14.7. The van der Waals surface area contributed by atoms with E-state index in [1.807, 2.05) is 31.2 Å². The lowest BCUT2D eigenvalue weighted by Crippen LogP contribution is -2.56. The van der Waals surface area contributed by atoms with Gasteiger partial charge in [-0.2, -0.15) is 0 Å². The average molecular weight is 465 g/mol. The van der Waals surface area contributed by atoms with Crippen molar-refractivity contribution in [2.24, 2.45) is 28.1 Å². The minimum Gasteiger partial charge on any atom is -0.454 e. The number of cyclic esters (lactones) is 1. The highest BCUT2D eigenvalue weighted by atomic mass is 16.5. The maximum atomic E-state index is 13.4. The highest BCUT2D eigenvalue weighted by Gasteiger charge is 2.64. The highest BCUT2D eigenvalue weighted by molar-refractivity contribution is 6.01. The third-order valence-electron chi connectivity index (χ3n) is 9.85. The molecule has 0 amide bonds. The summed E-state index contributed by atoms with van der Waals surface area (Å²) < 4.78 is 5.51. The van der Waals surface area contributed by atoms with Gasteiger partial charge in [0, 0.05) is 41.2 Å². The number of carbonyl (C=O) groups is 3. The molecule has 4 heteroatoms. The van der Waals surface area contributed by atoms with Crippen LogP contribution in [-0.4, -0.2) is 23.6 Å². The van der Waals surface area contributed by atoms with Gasteiger partial charge in [0.2, 0.25) is 0 Å². The van der Waals surface area contributed by atoms with E-state index in [0.29, 0.717) is 36.5 Å². The van der Waals surface area contributed by atoms with Crippen molar-refractivity contribution in [1.82, 2.24) is 0 Å². The molecule has 0 unspecified atom stereocenters. The van der Waals surface area contributed by atoms with E-state index >= 15 is 0 Å². The molecule has 0 aromatic carbocycles. The van der Waals surface area contributed by atoms with Crippen LogP contribution in [0.2, 0.25) is 0 Å². The third-order valence-corrected chi connectivity index (χ3v) is 9.85. The minimum absolute atomic E-state index is 0.0127. The quantitative estimate of drug-likeness (QED) is 0.273. The molecule has 4 aliphatic rings. The second-order valence-electron chi connectivity index (χ2n) is 12.2. The van der Waals surface area contributed by atoms with Crippen molar-refractivity contribution < 1.29 is 19.1 Å². The normalized spacial score (nSPS) is 39.5. The summed E-state index contributed by atoms with van der Waals surface area (Å²) in [5.41, 5.74) is 3.23. The number of ketones is 2. The Kier molecular flexibility index (Phi) is 6.19. The van der Waals surface area contributed by atoms with E-state index in [9.17, 15) is 14.4 Å². The van der Waals surface area contributed by atoms with Gasteiger partial charge in [0.1, 0.15) is 11.9 Å². The second-order valence-corrected chi connectivity index (χ2v) is 12.2. The van der Waals surface area contributed by atoms with Crippen LogP contribution < -0.4 is 0 Å². The van der Waals surface area contributed by atoms with E-state index in [-0.39, 0.29) is 40.0 Å². The number of esters is 1. The predicted molar refractivity (Wildman–Crippen MR) is 134 cm³/mol. The van der Waals surface area contributed by atoms with Crippen molar-refractivity contribution in [3.63, 3.8) is 0 Å². The Morgan fingerprint density at radius 1 is 1.06 bits per heavy atom. The molecule has 0 aromatic heterocycles. The van der Waals surface area contributed by atoms with Gasteiger partial charge in [-0.15, -0.1) is 0 Å². The Balaban J connectivity index is 1.59. The van der Waals surface area contributed by atoms with E-state index in [1.54, 1.807) is 6.92 Å². The maximum Gasteiger partial charge on any atom is 0.333 e. The lowest BCUT2D eigenvalue weighted by molar-refractivity contribution is -0.154. The van der Waals surface area contributed by atoms with E-state index in [2.05, 4.69) is 34.6 Å². The second kappa shape index (κ2) is 8.46. The number of carbonyl (C=O) groups excluding carboxylic acids is 3. The van der Waals surface area contributed by atoms with E-state index in [1.165, 1.54) is 0 Å². The molecule has 3 fully saturated rings. The van der Waals surface area contributed by atoms with Crippen LogP contribution in [0.3, 0.4) is 0 Å². The highest BCUT2D eigenvalue weighted by Crippen LogP contribution is 2.68. The summed E-state index contributed by atoms with van der Waals surface area (Å²) in [4.78, 5) is 38.0. The van der Waals surface area contributed by atoms with Crippen molar-refractivity contribution in [2.45, 2.75) is 93.1 Å². The van der Waals surface area contributed by atoms with Gasteiger partial charge in [0.15, 0.2) is 5.78 Å². The summed E-state index contributed by atoms with van der Waals surface area (Å²) in [5, 5.41) is 0. The first-order valence-corrected chi connectivity index (χ1v) is 12.8. The van der Waals surface area contributed by atoms with Crippen LogP contribution in [0.15, 0.2) is 46.6 Å². The summed E-state index contributed by atoms with van der Waals surface area (Å²) in [6.07, 6.45) is 12.5. The number of fused-ring (bicyclic) bond motifs is 3. The Labute approximate surface area is 204 Å². The van der Waals surface area contributed by atoms with Crippen LogP contribution in [0.5, 0.6) is 0 Å². The molecule has 0 bridgehead atoms. The van der Waals surface area contributed by atoms with E-state index in [4.69, 9.17) is 4.74 Å². The topological polar surface area (TPSA) is 60.4 Å². The standard InChI is InChI=1S/C30H40O4/c1-18(22-12-11-20(3)27(33)34-22)9-8-10-19(2)26-21(31)17-24-29(6)16-14-25(32)28(4,5)23(29)13-15-30(24,26)7/h8-11,22-24H,12-17H2,1-7H3/b10-8+,18-9+,26-19+/t22-,23-,24+,29-,30-/m0/s1. The summed E-state index contributed by atoms with van der Waals surface area (Å²) in [7, 11) is 0. The SMILES string of the molecule is CC1=CC[C@@H](/C(C)=C/C=C/C(C)=C2\C(=O)C[C@@H]3[C@@]4(C)CCC(=O)C(C)(C)[C@@H]4CC[C@]23C)OC1=O. The van der Waals surface area contributed by atoms with Crippen molar-refractivity contribution in [1.29, 1.82) is 0 Å². The van der Waals surface area contributed by atoms with Crippen molar-refractivity contribution >= 4 is 17.5 Å². The fourth-order valence-electron chi connectivity index (χ4n) is 7.84. The van der Waals surface area contributed by atoms with Crippen LogP contribution in [0.25, 0.3) is 0 Å². The Bertz CT molecular complexity index is 1050. The molecule has 0 radical (unpaired) electrons. The first-order chi connectivity index (χ1) is 15.8. The minimum atomic E-state index is -0.308. The number of hydrogen-bond donors (Lipinski definition) is 0. The number of allylic oxidation sites excluding steroid dienone is 5. The number of rotatable bonds is 3. The number of hydrogen-bond acceptors (Lipinski definition) is 4. The molecule has 184 valence electrons. The molecule has 0 saturated heterocycles. The van der Waals surface area contributed by atoms with Gasteiger partial charge in [-0.1, -0.05) is 52.0 Å². The molecular formula is C30H40O4. The smallest absolute Gasteiger partial charge is 0.333 e. The summed E-state index contributed by atoms with van der Waals surface area (Å²) in [5.74, 6) is 1.02. The van der Waals surface area contributed by atoms with Gasteiger partial charge >= 0.3 is 5.97 Å². The fourth-order valence-corrected chi connectivity index (χ4v) is 7.84. The van der Waals surface area contributed by atoms with Gasteiger partial charge in [-0.3, -0.25) is 9.59 Å². The zero-order chi connectivity index (χ0) is 25.1. The van der Waals surface area contributed by atoms with E-state index in [0.717, 1.165) is 36.0 Å². The van der Waals surface area contributed by atoms with Crippen molar-refractivity contribution in [2.75, 3.05) is 0 Å². The number of ether oxygens (including phenoxy) is 1. The molecular weight excluding hydrogens is 424 g/mol. The van der Waals surface area contributed by atoms with Gasteiger partial charge in [-0.05, 0) is 68.4 Å². The van der Waals surface area contributed by atoms with E-state index < -0.39 is 0 Å². The molecule has 0 N–H and O–H groups in total. The molecule has 1 heterocycles. The lowest BCUT2D eigenvalue weighted by Gasteiger charge is -2.60. The van der Waals surface area contributed by atoms with Crippen LogP contribution in [0, 0.1) is 28.1 Å². The molecule has 0 spiro atoms. The monoisotopic (exact) mass is 464 g/mol.